The Hall–Kier alpha value is -1.71. The summed E-state index contributed by atoms with van der Waals surface area (Å²) in [7, 11) is 0. The fourth-order valence-corrected chi connectivity index (χ4v) is 2.22. The number of hydrogen-bond acceptors (Lipinski definition) is 5. The molecule has 1 aliphatic rings. The van der Waals surface area contributed by atoms with Crippen LogP contribution in [0, 0.1) is 0 Å². The molecule has 0 aromatic heterocycles. The summed E-state index contributed by atoms with van der Waals surface area (Å²) < 4.78 is 15.6. The van der Waals surface area contributed by atoms with E-state index in [1.54, 1.807) is 0 Å². The predicted octanol–water partition coefficient (Wildman–Crippen LogP) is 2.43. The van der Waals surface area contributed by atoms with E-state index in [1.165, 1.54) is 0 Å². The standard InChI is InChI=1S/C17H25N3O4.HI/c1-3-18-17(19-9-5-6-16(21)22-4-2)20-11-13-7-8-14-15(10-13)24-12-23-14;/h7-8,10H,3-6,9,11-12H2,1-2H3,(H2,18,19,20);1H. The Kier molecular flexibility index (Phi) is 10.0. The molecule has 0 fully saturated rings. The van der Waals surface area contributed by atoms with Gasteiger partial charge in [0.2, 0.25) is 6.79 Å². The summed E-state index contributed by atoms with van der Waals surface area (Å²) in [6.45, 7) is 6.47. The maximum absolute atomic E-state index is 11.3. The van der Waals surface area contributed by atoms with Gasteiger partial charge in [-0.3, -0.25) is 4.79 Å². The van der Waals surface area contributed by atoms with Crippen molar-refractivity contribution in [3.63, 3.8) is 0 Å². The number of nitrogens with zero attached hydrogens (tertiary/aromatic N) is 1. The van der Waals surface area contributed by atoms with Crippen molar-refractivity contribution in [2.75, 3.05) is 26.5 Å². The molecule has 1 heterocycles. The van der Waals surface area contributed by atoms with Gasteiger partial charge in [-0.25, -0.2) is 4.99 Å². The van der Waals surface area contributed by atoms with Gasteiger partial charge < -0.3 is 24.8 Å². The van der Waals surface area contributed by atoms with Crippen LogP contribution >= 0.6 is 24.0 Å². The second kappa shape index (κ2) is 11.8. The lowest BCUT2D eigenvalue weighted by Gasteiger charge is -2.11. The maximum Gasteiger partial charge on any atom is 0.305 e. The van der Waals surface area contributed by atoms with Crippen LogP contribution in [0.5, 0.6) is 11.5 Å². The molecular formula is C17H26IN3O4. The van der Waals surface area contributed by atoms with Gasteiger partial charge in [-0.1, -0.05) is 6.07 Å². The highest BCUT2D eigenvalue weighted by molar-refractivity contribution is 14.0. The van der Waals surface area contributed by atoms with Crippen molar-refractivity contribution in [3.8, 4) is 11.5 Å². The number of hydrogen-bond donors (Lipinski definition) is 2. The summed E-state index contributed by atoms with van der Waals surface area (Å²) in [5.41, 5.74) is 1.04. The largest absolute Gasteiger partial charge is 0.466 e. The SMILES string of the molecule is CCNC(=NCc1ccc2c(c1)OCO2)NCCCC(=O)OCC.I. The minimum Gasteiger partial charge on any atom is -0.466 e. The monoisotopic (exact) mass is 463 g/mol. The Morgan fingerprint density at radius 2 is 2.04 bits per heavy atom. The second-order valence-corrected chi connectivity index (χ2v) is 5.22. The number of esters is 1. The molecule has 0 spiro atoms. The highest BCUT2D eigenvalue weighted by Gasteiger charge is 2.12. The first kappa shape index (κ1) is 21.3. The minimum absolute atomic E-state index is 0. The average Bonchev–Trinajstić information content (AvgIpc) is 3.04. The number of aliphatic imine (C=N–C) groups is 1. The molecule has 0 amide bonds. The zero-order valence-corrected chi connectivity index (χ0v) is 17.0. The van der Waals surface area contributed by atoms with Crippen LogP contribution in [-0.4, -0.2) is 38.4 Å². The van der Waals surface area contributed by atoms with E-state index < -0.39 is 0 Å². The van der Waals surface area contributed by atoms with Crippen molar-refractivity contribution < 1.29 is 19.0 Å². The van der Waals surface area contributed by atoms with Crippen molar-refractivity contribution in [1.82, 2.24) is 10.6 Å². The molecule has 0 atom stereocenters. The van der Waals surface area contributed by atoms with E-state index in [9.17, 15) is 4.79 Å². The maximum atomic E-state index is 11.3. The quantitative estimate of drug-likeness (QED) is 0.203. The number of carbonyl (C=O) groups is 1. The molecule has 140 valence electrons. The third-order valence-electron chi connectivity index (χ3n) is 3.36. The number of benzene rings is 1. The first-order valence-electron chi connectivity index (χ1n) is 8.29. The first-order valence-corrected chi connectivity index (χ1v) is 8.29. The van der Waals surface area contributed by atoms with E-state index in [0.29, 0.717) is 32.5 Å². The van der Waals surface area contributed by atoms with Crippen LogP contribution < -0.4 is 20.1 Å². The number of guanidine groups is 1. The van der Waals surface area contributed by atoms with E-state index in [1.807, 2.05) is 32.0 Å². The molecule has 0 radical (unpaired) electrons. The predicted molar refractivity (Wildman–Crippen MR) is 107 cm³/mol. The van der Waals surface area contributed by atoms with Crippen molar-refractivity contribution in [2.24, 2.45) is 4.99 Å². The fourth-order valence-electron chi connectivity index (χ4n) is 2.22. The van der Waals surface area contributed by atoms with Gasteiger partial charge in [0.1, 0.15) is 0 Å². The van der Waals surface area contributed by atoms with Gasteiger partial charge in [-0.15, -0.1) is 24.0 Å². The Morgan fingerprint density at radius 3 is 2.80 bits per heavy atom. The van der Waals surface area contributed by atoms with E-state index in [4.69, 9.17) is 14.2 Å². The molecule has 0 aliphatic carbocycles. The normalized spacial score (nSPS) is 12.3. The number of nitrogens with one attached hydrogen (secondary N) is 2. The van der Waals surface area contributed by atoms with Gasteiger partial charge >= 0.3 is 5.97 Å². The van der Waals surface area contributed by atoms with Gasteiger partial charge in [0.15, 0.2) is 17.5 Å². The Labute approximate surface area is 165 Å². The first-order chi connectivity index (χ1) is 11.7. The zero-order valence-electron chi connectivity index (χ0n) is 14.7. The minimum atomic E-state index is -0.165. The number of halogens is 1. The van der Waals surface area contributed by atoms with Gasteiger partial charge in [0, 0.05) is 19.5 Å². The third kappa shape index (κ3) is 7.37. The van der Waals surface area contributed by atoms with Gasteiger partial charge in [-0.2, -0.15) is 0 Å². The molecule has 2 N–H and O–H groups in total. The Balaban J connectivity index is 0.00000312. The number of ether oxygens (including phenoxy) is 3. The van der Waals surface area contributed by atoms with Gasteiger partial charge in [-0.05, 0) is 38.0 Å². The number of carbonyl (C=O) groups excluding carboxylic acids is 1. The molecule has 7 nitrogen and oxygen atoms in total. The molecule has 0 saturated heterocycles. The van der Waals surface area contributed by atoms with E-state index in [-0.39, 0.29) is 36.7 Å². The van der Waals surface area contributed by atoms with Crippen molar-refractivity contribution >= 4 is 35.9 Å². The highest BCUT2D eigenvalue weighted by atomic mass is 127. The lowest BCUT2D eigenvalue weighted by Crippen LogP contribution is -2.37. The average molecular weight is 463 g/mol. The third-order valence-corrected chi connectivity index (χ3v) is 3.36. The Morgan fingerprint density at radius 1 is 1.24 bits per heavy atom. The lowest BCUT2D eigenvalue weighted by atomic mass is 10.2. The van der Waals surface area contributed by atoms with Crippen LogP contribution in [0.15, 0.2) is 23.2 Å². The lowest BCUT2D eigenvalue weighted by molar-refractivity contribution is -0.143. The van der Waals surface area contributed by atoms with Gasteiger partial charge in [0.25, 0.3) is 0 Å². The second-order valence-electron chi connectivity index (χ2n) is 5.22. The smallest absolute Gasteiger partial charge is 0.305 e. The van der Waals surface area contributed by atoms with Crippen LogP contribution in [0.4, 0.5) is 0 Å². The van der Waals surface area contributed by atoms with E-state index in [0.717, 1.165) is 29.6 Å². The van der Waals surface area contributed by atoms with Crippen molar-refractivity contribution in [1.29, 1.82) is 0 Å². The Bertz CT molecular complexity index is 581. The van der Waals surface area contributed by atoms with Crippen LogP contribution in [0.2, 0.25) is 0 Å². The van der Waals surface area contributed by atoms with Crippen LogP contribution in [0.25, 0.3) is 0 Å². The summed E-state index contributed by atoms with van der Waals surface area (Å²) in [4.78, 5) is 15.8. The summed E-state index contributed by atoms with van der Waals surface area (Å²) in [5, 5.41) is 6.40. The topological polar surface area (TPSA) is 81.2 Å². The van der Waals surface area contributed by atoms with Crippen LogP contribution in [-0.2, 0) is 16.1 Å². The molecule has 0 saturated carbocycles. The van der Waals surface area contributed by atoms with Crippen LogP contribution in [0.3, 0.4) is 0 Å². The summed E-state index contributed by atoms with van der Waals surface area (Å²) in [5.74, 6) is 2.09. The molecular weight excluding hydrogens is 437 g/mol. The number of rotatable bonds is 8. The van der Waals surface area contributed by atoms with Crippen LogP contribution in [0.1, 0.15) is 32.3 Å². The summed E-state index contributed by atoms with van der Waals surface area (Å²) in [6, 6.07) is 5.81. The van der Waals surface area contributed by atoms with E-state index in [2.05, 4.69) is 15.6 Å². The van der Waals surface area contributed by atoms with Crippen molar-refractivity contribution in [2.45, 2.75) is 33.2 Å². The van der Waals surface area contributed by atoms with Crippen molar-refractivity contribution in [3.05, 3.63) is 23.8 Å². The molecule has 0 unspecified atom stereocenters. The zero-order chi connectivity index (χ0) is 17.2. The molecule has 2 rings (SSSR count). The fraction of sp³-hybridized carbons (Fsp3) is 0.529. The summed E-state index contributed by atoms with van der Waals surface area (Å²) in [6.07, 6.45) is 1.11. The summed E-state index contributed by atoms with van der Waals surface area (Å²) >= 11 is 0. The highest BCUT2D eigenvalue weighted by Crippen LogP contribution is 2.32. The molecule has 1 aromatic carbocycles. The molecule has 1 aliphatic heterocycles. The number of fused-ring (bicyclic) bond motifs is 1. The van der Waals surface area contributed by atoms with E-state index >= 15 is 0 Å². The molecule has 0 bridgehead atoms. The molecule has 1 aromatic rings. The molecule has 8 heteroatoms. The molecule has 25 heavy (non-hydrogen) atoms. The van der Waals surface area contributed by atoms with Gasteiger partial charge in [0.05, 0.1) is 13.2 Å².